The Labute approximate surface area is 176 Å². The summed E-state index contributed by atoms with van der Waals surface area (Å²) in [6.45, 7) is 9.72. The molecule has 30 heavy (non-hydrogen) atoms. The predicted octanol–water partition coefficient (Wildman–Crippen LogP) is 4.38. The van der Waals surface area contributed by atoms with Gasteiger partial charge in [0.15, 0.2) is 0 Å². The molecule has 0 saturated heterocycles. The number of hydrogen-bond acceptors (Lipinski definition) is 6. The molecule has 0 bridgehead atoms. The molecule has 1 aliphatic heterocycles. The van der Waals surface area contributed by atoms with Gasteiger partial charge in [-0.1, -0.05) is 27.2 Å². The lowest BCUT2D eigenvalue weighted by atomic mass is 9.75. The topological polar surface area (TPSA) is 82.1 Å². The van der Waals surface area contributed by atoms with E-state index < -0.39 is 5.97 Å². The number of anilines is 1. The molecule has 1 heterocycles. The molecule has 1 fully saturated rings. The first-order chi connectivity index (χ1) is 14.2. The van der Waals surface area contributed by atoms with Crippen LogP contribution < -0.4 is 4.90 Å². The molecule has 162 valence electrons. The first-order valence-corrected chi connectivity index (χ1v) is 10.4. The average Bonchev–Trinajstić information content (AvgIpc) is 2.91. The molecule has 1 aromatic rings. The van der Waals surface area contributed by atoms with E-state index in [1.807, 2.05) is 0 Å². The Bertz CT molecular complexity index is 833. The minimum atomic E-state index is -0.712. The van der Waals surface area contributed by atoms with E-state index in [1.165, 1.54) is 24.3 Å². The van der Waals surface area contributed by atoms with Crippen molar-refractivity contribution in [3.63, 3.8) is 0 Å². The number of nitrogens with zero attached hydrogens (tertiary/aromatic N) is 1. The minimum Gasteiger partial charge on any atom is -0.269 e. The number of carbonyl (C=O) groups is 3. The van der Waals surface area contributed by atoms with Crippen molar-refractivity contribution in [2.45, 2.75) is 60.0 Å². The van der Waals surface area contributed by atoms with E-state index in [4.69, 9.17) is 14.8 Å². The minimum absolute atomic E-state index is 0.116. The van der Waals surface area contributed by atoms with Crippen molar-refractivity contribution in [1.29, 1.82) is 0 Å². The molecular weight excluding hydrogens is 386 g/mol. The molecule has 2 aliphatic rings. The van der Waals surface area contributed by atoms with E-state index >= 15 is 0 Å². The zero-order chi connectivity index (χ0) is 22.0. The van der Waals surface area contributed by atoms with E-state index in [9.17, 15) is 14.4 Å². The van der Waals surface area contributed by atoms with Crippen LogP contribution in [0.3, 0.4) is 0 Å². The van der Waals surface area contributed by atoms with Gasteiger partial charge in [-0.2, -0.15) is 4.89 Å². The summed E-state index contributed by atoms with van der Waals surface area (Å²) in [7, 11) is 0. The smallest absolute Gasteiger partial charge is 0.269 e. The molecule has 2 amide bonds. The number of carbonyl (C=O) groups excluding carboxylic acids is 3. The molecule has 0 radical (unpaired) electrons. The van der Waals surface area contributed by atoms with Crippen molar-refractivity contribution in [2.24, 2.45) is 17.8 Å². The quantitative estimate of drug-likeness (QED) is 0.390. The summed E-state index contributed by atoms with van der Waals surface area (Å²) in [6, 6.07) is 6.00. The van der Waals surface area contributed by atoms with Gasteiger partial charge in [-0.15, -0.1) is 0 Å². The summed E-state index contributed by atoms with van der Waals surface area (Å²) in [6.07, 6.45) is 2.96. The second-order valence-corrected chi connectivity index (χ2v) is 8.64. The van der Waals surface area contributed by atoms with Crippen LogP contribution in [0.15, 0.2) is 35.4 Å². The van der Waals surface area contributed by atoms with E-state index in [1.54, 1.807) is 13.8 Å². The maximum atomic E-state index is 12.3. The van der Waals surface area contributed by atoms with Crippen LogP contribution >= 0.6 is 0 Å². The summed E-state index contributed by atoms with van der Waals surface area (Å²) in [5.41, 5.74) is 1.46. The Morgan fingerprint density at radius 2 is 1.63 bits per heavy atom. The second-order valence-electron chi connectivity index (χ2n) is 8.64. The molecule has 0 aromatic heterocycles. The lowest BCUT2D eigenvalue weighted by molar-refractivity contribution is -0.503. The maximum absolute atomic E-state index is 12.3. The van der Waals surface area contributed by atoms with Gasteiger partial charge in [0.25, 0.3) is 11.8 Å². The van der Waals surface area contributed by atoms with Gasteiger partial charge < -0.3 is 0 Å². The second kappa shape index (κ2) is 9.10. The lowest BCUT2D eigenvalue weighted by Crippen LogP contribution is -2.34. The molecule has 7 nitrogen and oxygen atoms in total. The standard InChI is InChI=1S/C23H29NO6/c1-13(2)19-11-6-14(3)12-20(19)28-30-29-23(27)17-7-9-18(10-8-17)24-21(25)15(4)16(5)22(24)26/h7-10,13-14,19-20H,6,11-12H2,1-5H3. The van der Waals surface area contributed by atoms with Crippen molar-refractivity contribution >= 4 is 23.5 Å². The average molecular weight is 415 g/mol. The van der Waals surface area contributed by atoms with E-state index in [0.29, 0.717) is 34.6 Å². The van der Waals surface area contributed by atoms with Gasteiger partial charge in [-0.3, -0.25) is 14.5 Å². The molecule has 1 aliphatic carbocycles. The molecule has 1 aromatic carbocycles. The molecule has 7 heteroatoms. The van der Waals surface area contributed by atoms with Crippen molar-refractivity contribution in [1.82, 2.24) is 0 Å². The van der Waals surface area contributed by atoms with Gasteiger partial charge in [-0.25, -0.2) is 9.69 Å². The molecule has 1 saturated carbocycles. The zero-order valence-corrected chi connectivity index (χ0v) is 18.1. The highest BCUT2D eigenvalue weighted by Crippen LogP contribution is 2.35. The van der Waals surface area contributed by atoms with Crippen LogP contribution in [0, 0.1) is 17.8 Å². The van der Waals surface area contributed by atoms with Gasteiger partial charge in [-0.05, 0) is 73.7 Å². The summed E-state index contributed by atoms with van der Waals surface area (Å²) in [5.74, 6) is -0.0787. The van der Waals surface area contributed by atoms with Crippen molar-refractivity contribution in [2.75, 3.05) is 4.90 Å². The van der Waals surface area contributed by atoms with Crippen LogP contribution in [0.1, 0.15) is 64.2 Å². The number of amides is 2. The maximum Gasteiger partial charge on any atom is 0.376 e. The van der Waals surface area contributed by atoms with Crippen molar-refractivity contribution < 1.29 is 29.2 Å². The molecule has 3 rings (SSSR count). The SMILES string of the molecule is CC1=C(C)C(=O)N(c2ccc(C(=O)OOOC3CC(C)CCC3C(C)C)cc2)C1=O. The predicted molar refractivity (Wildman–Crippen MR) is 110 cm³/mol. The summed E-state index contributed by atoms with van der Waals surface area (Å²) in [5, 5.41) is 4.84. The molecular formula is C23H29NO6. The fraction of sp³-hybridized carbons (Fsp3) is 0.522. The number of rotatable bonds is 6. The van der Waals surface area contributed by atoms with Gasteiger partial charge in [0.1, 0.15) is 6.10 Å². The Kier molecular flexibility index (Phi) is 6.73. The van der Waals surface area contributed by atoms with Crippen molar-refractivity contribution in [3.8, 4) is 0 Å². The van der Waals surface area contributed by atoms with Crippen molar-refractivity contribution in [3.05, 3.63) is 41.0 Å². The Morgan fingerprint density at radius 3 is 2.20 bits per heavy atom. The number of hydrogen-bond donors (Lipinski definition) is 0. The van der Waals surface area contributed by atoms with E-state index in [-0.39, 0.29) is 23.5 Å². The molecule has 3 unspecified atom stereocenters. The van der Waals surface area contributed by atoms with Crippen LogP contribution in [0.2, 0.25) is 0 Å². The van der Waals surface area contributed by atoms with Crippen LogP contribution in [0.4, 0.5) is 5.69 Å². The summed E-state index contributed by atoms with van der Waals surface area (Å²) in [4.78, 5) is 48.1. The van der Waals surface area contributed by atoms with E-state index in [2.05, 4.69) is 20.8 Å². The number of benzene rings is 1. The Hall–Kier alpha value is -2.51. The first-order valence-electron chi connectivity index (χ1n) is 10.4. The highest BCUT2D eigenvalue weighted by Gasteiger charge is 2.35. The van der Waals surface area contributed by atoms with Gasteiger partial charge in [0.2, 0.25) is 0 Å². The molecule has 0 spiro atoms. The normalized spacial score (nSPS) is 24.7. The third-order valence-corrected chi connectivity index (χ3v) is 6.21. The highest BCUT2D eigenvalue weighted by atomic mass is 17.5. The van der Waals surface area contributed by atoms with Crippen LogP contribution in [0.5, 0.6) is 0 Å². The Morgan fingerprint density at radius 1 is 1.03 bits per heavy atom. The van der Waals surface area contributed by atoms with Gasteiger partial charge in [0, 0.05) is 11.1 Å². The fourth-order valence-corrected chi connectivity index (χ4v) is 4.10. The Balaban J connectivity index is 1.56. The van der Waals surface area contributed by atoms with Gasteiger partial charge >= 0.3 is 5.97 Å². The third-order valence-electron chi connectivity index (χ3n) is 6.21. The third kappa shape index (κ3) is 4.47. The zero-order valence-electron chi connectivity index (χ0n) is 18.1. The summed E-state index contributed by atoms with van der Waals surface area (Å²) >= 11 is 0. The van der Waals surface area contributed by atoms with Crippen LogP contribution in [-0.2, 0) is 24.4 Å². The highest BCUT2D eigenvalue weighted by molar-refractivity contribution is 6.32. The van der Waals surface area contributed by atoms with Gasteiger partial charge in [0.05, 0.1) is 11.3 Å². The lowest BCUT2D eigenvalue weighted by Gasteiger charge is -2.35. The van der Waals surface area contributed by atoms with E-state index in [0.717, 1.165) is 24.2 Å². The largest absolute Gasteiger partial charge is 0.376 e. The monoisotopic (exact) mass is 415 g/mol. The molecule has 0 N–H and O–H groups in total. The first kappa shape index (κ1) is 22.2. The fourth-order valence-electron chi connectivity index (χ4n) is 4.10. The number of imide groups is 1. The van der Waals surface area contributed by atoms with Crippen LogP contribution in [-0.4, -0.2) is 23.9 Å². The van der Waals surface area contributed by atoms with Crippen LogP contribution in [0.25, 0.3) is 0 Å². The molecule has 3 atom stereocenters. The summed E-state index contributed by atoms with van der Waals surface area (Å²) < 4.78 is 0.